The SMILES string of the molecule is CC(C)C(CC(N)=O)c1ccccc1Nc1ncnn2ccc(C(=O)N3CCC(N)CC3)c12. The smallest absolute Gasteiger partial charge is 0.256 e. The zero-order chi connectivity index (χ0) is 23.5. The van der Waals surface area contributed by atoms with E-state index in [9.17, 15) is 9.59 Å². The molecular formula is C24H31N7O2. The van der Waals surface area contributed by atoms with E-state index in [0.717, 1.165) is 24.1 Å². The fourth-order valence-corrected chi connectivity index (χ4v) is 4.47. The number of nitrogens with one attached hydrogen (secondary N) is 1. The maximum Gasteiger partial charge on any atom is 0.256 e. The summed E-state index contributed by atoms with van der Waals surface area (Å²) in [5.74, 6) is 0.301. The van der Waals surface area contributed by atoms with Crippen molar-refractivity contribution in [1.29, 1.82) is 0 Å². The van der Waals surface area contributed by atoms with Gasteiger partial charge in [-0.05, 0) is 42.4 Å². The monoisotopic (exact) mass is 449 g/mol. The lowest BCUT2D eigenvalue weighted by Gasteiger charge is -2.30. The van der Waals surface area contributed by atoms with Crippen LogP contribution in [0.5, 0.6) is 0 Å². The number of piperidine rings is 1. The molecule has 1 unspecified atom stereocenters. The minimum Gasteiger partial charge on any atom is -0.370 e. The molecule has 33 heavy (non-hydrogen) atoms. The summed E-state index contributed by atoms with van der Waals surface area (Å²) in [7, 11) is 0. The molecule has 1 aromatic carbocycles. The fourth-order valence-electron chi connectivity index (χ4n) is 4.47. The van der Waals surface area contributed by atoms with Gasteiger partial charge in [-0.15, -0.1) is 0 Å². The molecule has 0 spiro atoms. The molecule has 4 rings (SSSR count). The highest BCUT2D eigenvalue weighted by Crippen LogP contribution is 2.35. The molecule has 9 heteroatoms. The number of aromatic nitrogens is 3. The van der Waals surface area contributed by atoms with Crippen LogP contribution in [-0.2, 0) is 4.79 Å². The van der Waals surface area contributed by atoms with E-state index in [0.29, 0.717) is 30.0 Å². The summed E-state index contributed by atoms with van der Waals surface area (Å²) in [6.45, 7) is 5.42. The number of carbonyl (C=O) groups is 2. The van der Waals surface area contributed by atoms with Gasteiger partial charge in [0.1, 0.15) is 11.8 Å². The van der Waals surface area contributed by atoms with Gasteiger partial charge in [-0.2, -0.15) is 5.10 Å². The third-order valence-electron chi connectivity index (χ3n) is 6.35. The summed E-state index contributed by atoms with van der Waals surface area (Å²) in [5.41, 5.74) is 14.5. The maximum atomic E-state index is 13.3. The second-order valence-corrected chi connectivity index (χ2v) is 8.99. The third-order valence-corrected chi connectivity index (χ3v) is 6.35. The first-order valence-electron chi connectivity index (χ1n) is 11.4. The number of nitrogens with zero attached hydrogens (tertiary/aromatic N) is 4. The summed E-state index contributed by atoms with van der Waals surface area (Å²) >= 11 is 0. The van der Waals surface area contributed by atoms with Crippen molar-refractivity contribution < 1.29 is 9.59 Å². The average Bonchev–Trinajstić information content (AvgIpc) is 3.23. The molecule has 3 heterocycles. The molecule has 1 saturated heterocycles. The Morgan fingerprint density at radius 2 is 1.91 bits per heavy atom. The maximum absolute atomic E-state index is 13.3. The van der Waals surface area contributed by atoms with Gasteiger partial charge in [0.05, 0.1) is 5.56 Å². The Morgan fingerprint density at radius 1 is 1.18 bits per heavy atom. The highest BCUT2D eigenvalue weighted by atomic mass is 16.2. The number of likely N-dealkylation sites (tertiary alicyclic amines) is 1. The molecule has 174 valence electrons. The number of benzene rings is 1. The van der Waals surface area contributed by atoms with Gasteiger partial charge in [-0.3, -0.25) is 9.59 Å². The zero-order valence-electron chi connectivity index (χ0n) is 19.1. The number of hydrogen-bond donors (Lipinski definition) is 3. The van der Waals surface area contributed by atoms with Crippen molar-refractivity contribution in [2.75, 3.05) is 18.4 Å². The molecule has 5 N–H and O–H groups in total. The van der Waals surface area contributed by atoms with Crippen LogP contribution < -0.4 is 16.8 Å². The van der Waals surface area contributed by atoms with Crippen molar-refractivity contribution in [2.24, 2.45) is 17.4 Å². The summed E-state index contributed by atoms with van der Waals surface area (Å²) in [6.07, 6.45) is 5.06. The zero-order valence-corrected chi connectivity index (χ0v) is 19.1. The number of primary amides is 1. The Morgan fingerprint density at radius 3 is 2.61 bits per heavy atom. The van der Waals surface area contributed by atoms with E-state index in [1.54, 1.807) is 16.8 Å². The van der Waals surface area contributed by atoms with E-state index < -0.39 is 0 Å². The molecule has 0 radical (unpaired) electrons. The molecule has 0 aliphatic carbocycles. The van der Waals surface area contributed by atoms with Crippen LogP contribution in [0.25, 0.3) is 5.52 Å². The summed E-state index contributed by atoms with van der Waals surface area (Å²) < 4.78 is 1.66. The van der Waals surface area contributed by atoms with Crippen molar-refractivity contribution in [3.05, 3.63) is 54.0 Å². The van der Waals surface area contributed by atoms with Gasteiger partial charge in [0.25, 0.3) is 5.91 Å². The molecule has 1 aliphatic heterocycles. The number of rotatable bonds is 7. The van der Waals surface area contributed by atoms with Crippen LogP contribution in [0, 0.1) is 5.92 Å². The van der Waals surface area contributed by atoms with Gasteiger partial charge < -0.3 is 21.7 Å². The van der Waals surface area contributed by atoms with Crippen LogP contribution in [-0.4, -0.2) is 50.4 Å². The molecule has 1 fully saturated rings. The van der Waals surface area contributed by atoms with Gasteiger partial charge in [0, 0.05) is 37.4 Å². The Balaban J connectivity index is 1.70. The normalized spacial score (nSPS) is 15.7. The van der Waals surface area contributed by atoms with Crippen molar-refractivity contribution >= 4 is 28.8 Å². The Labute approximate surface area is 193 Å². The van der Waals surface area contributed by atoms with Crippen molar-refractivity contribution in [3.63, 3.8) is 0 Å². The predicted octanol–water partition coefficient (Wildman–Crippen LogP) is 2.65. The van der Waals surface area contributed by atoms with Crippen LogP contribution in [0.3, 0.4) is 0 Å². The Hall–Kier alpha value is -3.46. The van der Waals surface area contributed by atoms with Gasteiger partial charge in [-0.25, -0.2) is 9.50 Å². The second-order valence-electron chi connectivity index (χ2n) is 8.99. The first-order valence-corrected chi connectivity index (χ1v) is 11.4. The predicted molar refractivity (Wildman–Crippen MR) is 127 cm³/mol. The lowest BCUT2D eigenvalue weighted by molar-refractivity contribution is -0.118. The number of nitrogens with two attached hydrogens (primary N) is 2. The lowest BCUT2D eigenvalue weighted by atomic mass is 9.84. The molecule has 1 atom stereocenters. The standard InChI is InChI=1S/C24H31N7O2/c1-15(2)19(13-21(26)32)17-5-3-4-6-20(17)29-23-22-18(9-12-31(22)28-14-27-23)24(33)30-10-7-16(25)8-11-30/h3-6,9,12,14-16,19H,7-8,10-11,13,25H2,1-2H3,(H2,26,32)(H,27,28,29). The number of carbonyl (C=O) groups excluding carboxylic acids is 2. The number of anilines is 2. The highest BCUT2D eigenvalue weighted by Gasteiger charge is 2.26. The largest absolute Gasteiger partial charge is 0.370 e. The quantitative estimate of drug-likeness (QED) is 0.508. The molecule has 2 amide bonds. The van der Waals surface area contributed by atoms with E-state index in [2.05, 4.69) is 29.2 Å². The summed E-state index contributed by atoms with van der Waals surface area (Å²) in [6, 6.07) is 9.73. The first kappa shape index (κ1) is 22.7. The number of para-hydroxylation sites is 1. The van der Waals surface area contributed by atoms with Crippen molar-refractivity contribution in [2.45, 2.75) is 45.1 Å². The van der Waals surface area contributed by atoms with Crippen molar-refractivity contribution in [1.82, 2.24) is 19.5 Å². The summed E-state index contributed by atoms with van der Waals surface area (Å²) in [5, 5.41) is 7.68. The molecular weight excluding hydrogens is 418 g/mol. The van der Waals surface area contributed by atoms with Gasteiger partial charge in [0.2, 0.25) is 5.91 Å². The third kappa shape index (κ3) is 4.83. The molecule has 0 saturated carbocycles. The second kappa shape index (κ2) is 9.58. The minimum absolute atomic E-state index is 0.0468. The molecule has 9 nitrogen and oxygen atoms in total. The molecule has 0 bridgehead atoms. The van der Waals surface area contributed by atoms with Crippen LogP contribution in [0.2, 0.25) is 0 Å². The topological polar surface area (TPSA) is 132 Å². The van der Waals surface area contributed by atoms with Crippen LogP contribution in [0.15, 0.2) is 42.9 Å². The van der Waals surface area contributed by atoms with Crippen LogP contribution >= 0.6 is 0 Å². The minimum atomic E-state index is -0.339. The van der Waals surface area contributed by atoms with Crippen LogP contribution in [0.4, 0.5) is 11.5 Å². The fraction of sp³-hybridized carbons (Fsp3) is 0.417. The van der Waals surface area contributed by atoms with Crippen molar-refractivity contribution in [3.8, 4) is 0 Å². The van der Waals surface area contributed by atoms with Gasteiger partial charge >= 0.3 is 0 Å². The lowest BCUT2D eigenvalue weighted by Crippen LogP contribution is -2.42. The van der Waals surface area contributed by atoms with E-state index in [1.165, 1.54) is 6.33 Å². The highest BCUT2D eigenvalue weighted by molar-refractivity contribution is 6.04. The number of fused-ring (bicyclic) bond motifs is 1. The Bertz CT molecular complexity index is 1150. The molecule has 3 aromatic rings. The number of hydrogen-bond acceptors (Lipinski definition) is 6. The Kier molecular flexibility index (Phi) is 6.60. The van der Waals surface area contributed by atoms with Gasteiger partial charge in [-0.1, -0.05) is 32.0 Å². The summed E-state index contributed by atoms with van der Waals surface area (Å²) in [4.78, 5) is 31.3. The first-order chi connectivity index (χ1) is 15.8. The van der Waals surface area contributed by atoms with Gasteiger partial charge in [0.15, 0.2) is 5.82 Å². The average molecular weight is 450 g/mol. The van der Waals surface area contributed by atoms with E-state index in [4.69, 9.17) is 11.5 Å². The molecule has 1 aliphatic rings. The van der Waals surface area contributed by atoms with Crippen LogP contribution in [0.1, 0.15) is 54.9 Å². The molecule has 2 aromatic heterocycles. The van der Waals surface area contributed by atoms with E-state index >= 15 is 0 Å². The number of amides is 2. The van der Waals surface area contributed by atoms with E-state index in [-0.39, 0.29) is 36.1 Å². The van der Waals surface area contributed by atoms with E-state index in [1.807, 2.05) is 29.2 Å².